The van der Waals surface area contributed by atoms with Crippen LogP contribution in [0, 0.1) is 11.7 Å². The van der Waals surface area contributed by atoms with Gasteiger partial charge in [0.25, 0.3) is 5.91 Å². The molecule has 0 bridgehead atoms. The van der Waals surface area contributed by atoms with E-state index in [9.17, 15) is 22.4 Å². The number of hydrogen-bond donors (Lipinski definition) is 2. The van der Waals surface area contributed by atoms with Crippen LogP contribution in [-0.2, 0) is 15.8 Å². The number of amides is 1. The fourth-order valence-corrected chi connectivity index (χ4v) is 2.32. The van der Waals surface area contributed by atoms with Crippen molar-refractivity contribution in [3.05, 3.63) is 42.0 Å². The van der Waals surface area contributed by atoms with Crippen molar-refractivity contribution in [2.45, 2.75) is 39.5 Å². The van der Waals surface area contributed by atoms with Gasteiger partial charge < -0.3 is 5.32 Å². The van der Waals surface area contributed by atoms with Crippen molar-refractivity contribution in [2.75, 3.05) is 11.6 Å². The summed E-state index contributed by atoms with van der Waals surface area (Å²) in [5, 5.41) is 4.99. The van der Waals surface area contributed by atoms with E-state index in [1.54, 1.807) is 0 Å². The van der Waals surface area contributed by atoms with Gasteiger partial charge in [0.15, 0.2) is 6.10 Å². The minimum absolute atomic E-state index is 0.123. The molecule has 150 valence electrons. The highest BCUT2D eigenvalue weighted by Crippen LogP contribution is 2.32. The standard InChI is InChI=1S/C17H22F4N4O2/c1-4-7-22-16(26)15(11(2)3)27-25-9-8-24(23-25)14-6-5-12(10-13(14)18)17(19,20)21/h5-6,8-11,15,23H,4,7H2,1-3H3,(H,22,26). The summed E-state index contributed by atoms with van der Waals surface area (Å²) in [6.07, 6.45) is -1.89. The Kier molecular flexibility index (Phi) is 6.66. The van der Waals surface area contributed by atoms with Crippen LogP contribution < -0.4 is 15.9 Å². The number of alkyl halides is 3. The first-order chi connectivity index (χ1) is 12.6. The fourth-order valence-electron chi connectivity index (χ4n) is 2.32. The van der Waals surface area contributed by atoms with Crippen LogP contribution >= 0.6 is 0 Å². The van der Waals surface area contributed by atoms with Crippen molar-refractivity contribution < 1.29 is 27.2 Å². The van der Waals surface area contributed by atoms with Gasteiger partial charge >= 0.3 is 6.18 Å². The molecular formula is C17H22F4N4O2. The SMILES string of the molecule is CCCNC(=O)C(ON1C=CN(c2ccc(C(F)(F)F)cc2F)N1)C(C)C. The van der Waals surface area contributed by atoms with Gasteiger partial charge in [-0.3, -0.25) is 9.80 Å². The summed E-state index contributed by atoms with van der Waals surface area (Å²) in [6, 6.07) is 2.21. The van der Waals surface area contributed by atoms with Gasteiger partial charge in [-0.05, 0) is 30.5 Å². The number of nitrogens with zero attached hydrogens (tertiary/aromatic N) is 2. The number of benzene rings is 1. The lowest BCUT2D eigenvalue weighted by Gasteiger charge is -2.27. The highest BCUT2D eigenvalue weighted by Gasteiger charge is 2.32. The maximum atomic E-state index is 14.1. The summed E-state index contributed by atoms with van der Waals surface area (Å²) in [5.74, 6) is -1.49. The Morgan fingerprint density at radius 3 is 2.56 bits per heavy atom. The molecule has 27 heavy (non-hydrogen) atoms. The molecule has 1 aromatic carbocycles. The van der Waals surface area contributed by atoms with Crippen molar-refractivity contribution in [3.8, 4) is 0 Å². The number of nitrogens with one attached hydrogen (secondary N) is 2. The highest BCUT2D eigenvalue weighted by atomic mass is 19.4. The first-order valence-electron chi connectivity index (χ1n) is 8.47. The van der Waals surface area contributed by atoms with Gasteiger partial charge in [-0.15, -0.1) is 5.53 Å². The molecule has 0 spiro atoms. The lowest BCUT2D eigenvalue weighted by atomic mass is 10.1. The van der Waals surface area contributed by atoms with E-state index < -0.39 is 23.7 Å². The van der Waals surface area contributed by atoms with Crippen LogP contribution in [0.25, 0.3) is 0 Å². The topological polar surface area (TPSA) is 56.8 Å². The molecular weight excluding hydrogens is 368 g/mol. The van der Waals surface area contributed by atoms with Gasteiger partial charge in [-0.25, -0.2) is 9.23 Å². The number of hydrogen-bond acceptors (Lipinski definition) is 5. The Morgan fingerprint density at radius 1 is 1.30 bits per heavy atom. The molecule has 1 aliphatic rings. The van der Waals surface area contributed by atoms with E-state index in [1.807, 2.05) is 20.8 Å². The zero-order chi connectivity index (χ0) is 20.2. The first-order valence-corrected chi connectivity index (χ1v) is 8.47. The third-order valence-electron chi connectivity index (χ3n) is 3.73. The molecule has 0 saturated carbocycles. The van der Waals surface area contributed by atoms with Gasteiger partial charge in [-0.2, -0.15) is 18.3 Å². The molecule has 1 atom stereocenters. The number of hydrazine groups is 2. The van der Waals surface area contributed by atoms with Gasteiger partial charge in [0, 0.05) is 12.7 Å². The fraction of sp³-hybridized carbons (Fsp3) is 0.471. The monoisotopic (exact) mass is 390 g/mol. The van der Waals surface area contributed by atoms with Crippen LogP contribution in [-0.4, -0.2) is 23.7 Å². The lowest BCUT2D eigenvalue weighted by molar-refractivity contribution is -0.204. The quantitative estimate of drug-likeness (QED) is 0.700. The van der Waals surface area contributed by atoms with Crippen LogP contribution in [0.2, 0.25) is 0 Å². The molecule has 10 heteroatoms. The molecule has 1 unspecified atom stereocenters. The number of anilines is 1. The van der Waals surface area contributed by atoms with E-state index in [0.717, 1.165) is 28.7 Å². The molecule has 0 aliphatic carbocycles. The van der Waals surface area contributed by atoms with Crippen molar-refractivity contribution in [3.63, 3.8) is 0 Å². The van der Waals surface area contributed by atoms with E-state index in [0.29, 0.717) is 12.6 Å². The maximum absolute atomic E-state index is 14.1. The second-order valence-electron chi connectivity index (χ2n) is 6.32. The van der Waals surface area contributed by atoms with Gasteiger partial charge in [-0.1, -0.05) is 20.8 Å². The Balaban J connectivity index is 2.04. The number of hydroxylamine groups is 1. The molecule has 0 aromatic heterocycles. The third-order valence-corrected chi connectivity index (χ3v) is 3.73. The molecule has 0 fully saturated rings. The molecule has 0 saturated heterocycles. The minimum atomic E-state index is -4.63. The zero-order valence-electron chi connectivity index (χ0n) is 15.2. The average Bonchev–Trinajstić information content (AvgIpc) is 3.04. The Morgan fingerprint density at radius 2 is 2.00 bits per heavy atom. The van der Waals surface area contributed by atoms with E-state index in [4.69, 9.17) is 4.84 Å². The van der Waals surface area contributed by atoms with E-state index in [2.05, 4.69) is 10.9 Å². The summed E-state index contributed by atoms with van der Waals surface area (Å²) in [5.41, 5.74) is 1.44. The molecule has 1 amide bonds. The summed E-state index contributed by atoms with van der Waals surface area (Å²) >= 11 is 0. The predicted molar refractivity (Wildman–Crippen MR) is 91.0 cm³/mol. The van der Waals surface area contributed by atoms with Crippen LogP contribution in [0.1, 0.15) is 32.8 Å². The molecule has 1 heterocycles. The van der Waals surface area contributed by atoms with Crippen LogP contribution in [0.5, 0.6) is 0 Å². The number of rotatable bonds is 7. The second kappa shape index (κ2) is 8.57. The Labute approximate surface area is 154 Å². The number of carbonyl (C=O) groups is 1. The smallest absolute Gasteiger partial charge is 0.354 e. The van der Waals surface area contributed by atoms with Crippen LogP contribution in [0.4, 0.5) is 23.2 Å². The Bertz CT molecular complexity index is 694. The van der Waals surface area contributed by atoms with Crippen molar-refractivity contribution in [1.82, 2.24) is 16.0 Å². The van der Waals surface area contributed by atoms with Crippen LogP contribution in [0.3, 0.4) is 0 Å². The number of halogens is 4. The third kappa shape index (κ3) is 5.33. The normalized spacial score (nSPS) is 15.6. The van der Waals surface area contributed by atoms with Gasteiger partial charge in [0.1, 0.15) is 5.82 Å². The second-order valence-corrected chi connectivity index (χ2v) is 6.32. The van der Waals surface area contributed by atoms with Crippen molar-refractivity contribution in [2.24, 2.45) is 5.92 Å². The van der Waals surface area contributed by atoms with Crippen molar-refractivity contribution >= 4 is 11.6 Å². The summed E-state index contributed by atoms with van der Waals surface area (Å²) in [4.78, 5) is 17.8. The summed E-state index contributed by atoms with van der Waals surface area (Å²) in [6.45, 7) is 6.05. The molecule has 2 N–H and O–H groups in total. The molecule has 1 aliphatic heterocycles. The minimum Gasteiger partial charge on any atom is -0.354 e. The van der Waals surface area contributed by atoms with Gasteiger partial charge in [0.2, 0.25) is 0 Å². The lowest BCUT2D eigenvalue weighted by Crippen LogP contribution is -2.47. The summed E-state index contributed by atoms with van der Waals surface area (Å²) in [7, 11) is 0. The van der Waals surface area contributed by atoms with E-state index in [1.165, 1.54) is 12.4 Å². The van der Waals surface area contributed by atoms with Crippen molar-refractivity contribution in [1.29, 1.82) is 0 Å². The maximum Gasteiger partial charge on any atom is 0.416 e. The zero-order valence-corrected chi connectivity index (χ0v) is 15.2. The molecule has 6 nitrogen and oxygen atoms in total. The highest BCUT2D eigenvalue weighted by molar-refractivity contribution is 5.80. The van der Waals surface area contributed by atoms with E-state index >= 15 is 0 Å². The summed E-state index contributed by atoms with van der Waals surface area (Å²) < 4.78 is 52.0. The van der Waals surface area contributed by atoms with E-state index in [-0.39, 0.29) is 17.5 Å². The molecule has 1 aromatic rings. The average molecular weight is 390 g/mol. The Hall–Kier alpha value is -2.33. The number of carbonyl (C=O) groups excluding carboxylic acids is 1. The van der Waals surface area contributed by atoms with Gasteiger partial charge in [0.05, 0.1) is 17.5 Å². The predicted octanol–water partition coefficient (Wildman–Crippen LogP) is 3.34. The largest absolute Gasteiger partial charge is 0.416 e. The first kappa shape index (κ1) is 21.0. The van der Waals surface area contributed by atoms with Crippen LogP contribution in [0.15, 0.2) is 30.6 Å². The molecule has 0 radical (unpaired) electrons. The molecule has 2 rings (SSSR count).